The maximum absolute atomic E-state index is 12.0. The Kier molecular flexibility index (Phi) is 5.48. The first-order valence-electron chi connectivity index (χ1n) is 9.97. The van der Waals surface area contributed by atoms with E-state index in [2.05, 4.69) is 20.4 Å². The molecular formula is C20H26N6O3. The Morgan fingerprint density at radius 3 is 2.79 bits per heavy atom. The number of aryl methyl sites for hydroxylation is 2. The van der Waals surface area contributed by atoms with Crippen LogP contribution in [0.5, 0.6) is 0 Å². The van der Waals surface area contributed by atoms with Crippen LogP contribution < -0.4 is 5.43 Å². The Morgan fingerprint density at radius 1 is 1.31 bits per heavy atom. The normalized spacial score (nSPS) is 15.7. The summed E-state index contributed by atoms with van der Waals surface area (Å²) in [6, 6.07) is 3.81. The number of hydrogen-bond acceptors (Lipinski definition) is 8. The molecule has 0 spiro atoms. The van der Waals surface area contributed by atoms with Gasteiger partial charge in [-0.05, 0) is 38.8 Å². The number of piperidine rings is 1. The maximum Gasteiger partial charge on any atom is 0.309 e. The Morgan fingerprint density at radius 2 is 2.10 bits per heavy atom. The standard InChI is InChI=1S/C20H26N6O3/c1-4-28-19(27)15-7-10-25(11-8-15)24-20-23-16-6-5-9-21-18(16)26(20)12-17-13(2)22-14(3)29-17/h5-6,9,15H,4,7-8,10-12H2,1-3H3,(H,23,24). The predicted octanol–water partition coefficient (Wildman–Crippen LogP) is 2.69. The summed E-state index contributed by atoms with van der Waals surface area (Å²) in [5.74, 6) is 2.00. The molecule has 1 aliphatic heterocycles. The van der Waals surface area contributed by atoms with E-state index in [-0.39, 0.29) is 11.9 Å². The first-order valence-corrected chi connectivity index (χ1v) is 9.97. The van der Waals surface area contributed by atoms with Gasteiger partial charge in [0.1, 0.15) is 11.3 Å². The molecule has 0 aromatic carbocycles. The number of ether oxygens (including phenoxy) is 1. The summed E-state index contributed by atoms with van der Waals surface area (Å²) in [5.41, 5.74) is 5.86. The van der Waals surface area contributed by atoms with E-state index in [0.717, 1.165) is 48.5 Å². The van der Waals surface area contributed by atoms with E-state index in [1.54, 1.807) is 6.20 Å². The van der Waals surface area contributed by atoms with Crippen LogP contribution in [0.3, 0.4) is 0 Å². The molecule has 0 unspecified atom stereocenters. The highest BCUT2D eigenvalue weighted by Crippen LogP contribution is 2.24. The molecule has 154 valence electrons. The van der Waals surface area contributed by atoms with Crippen LogP contribution in [-0.4, -0.2) is 50.2 Å². The summed E-state index contributed by atoms with van der Waals surface area (Å²) >= 11 is 0. The molecule has 29 heavy (non-hydrogen) atoms. The van der Waals surface area contributed by atoms with E-state index in [0.29, 0.717) is 25.0 Å². The summed E-state index contributed by atoms with van der Waals surface area (Å²) in [7, 11) is 0. The molecule has 4 rings (SSSR count). The lowest BCUT2D eigenvalue weighted by Crippen LogP contribution is -2.41. The predicted molar refractivity (Wildman–Crippen MR) is 107 cm³/mol. The highest BCUT2D eigenvalue weighted by Gasteiger charge is 2.27. The zero-order valence-electron chi connectivity index (χ0n) is 17.0. The van der Waals surface area contributed by atoms with Crippen LogP contribution in [0.25, 0.3) is 11.2 Å². The average Bonchev–Trinajstić information content (AvgIpc) is 3.22. The molecule has 1 aliphatic rings. The van der Waals surface area contributed by atoms with Crippen LogP contribution in [0.15, 0.2) is 22.7 Å². The van der Waals surface area contributed by atoms with Crippen LogP contribution in [0.4, 0.5) is 5.95 Å². The molecule has 0 aliphatic carbocycles. The number of anilines is 1. The van der Waals surface area contributed by atoms with E-state index in [1.165, 1.54) is 0 Å². The third-order valence-corrected chi connectivity index (χ3v) is 5.18. The first-order chi connectivity index (χ1) is 14.0. The van der Waals surface area contributed by atoms with Crippen LogP contribution in [0, 0.1) is 19.8 Å². The number of oxazole rings is 1. The lowest BCUT2D eigenvalue weighted by molar-refractivity contribution is -0.149. The van der Waals surface area contributed by atoms with Gasteiger partial charge >= 0.3 is 5.97 Å². The van der Waals surface area contributed by atoms with E-state index in [1.807, 2.05) is 37.5 Å². The van der Waals surface area contributed by atoms with Crippen LogP contribution in [0.2, 0.25) is 0 Å². The Balaban J connectivity index is 1.53. The van der Waals surface area contributed by atoms with Gasteiger partial charge in [-0.2, -0.15) is 0 Å². The van der Waals surface area contributed by atoms with Gasteiger partial charge in [0.15, 0.2) is 11.5 Å². The van der Waals surface area contributed by atoms with Gasteiger partial charge < -0.3 is 9.15 Å². The van der Waals surface area contributed by atoms with Gasteiger partial charge in [0, 0.05) is 26.2 Å². The molecule has 1 N–H and O–H groups in total. The SMILES string of the molecule is CCOC(=O)C1CCN(Nc2nc3cccnc3n2Cc2oc(C)nc2C)CC1. The fourth-order valence-electron chi connectivity index (χ4n) is 3.69. The molecule has 9 nitrogen and oxygen atoms in total. The largest absolute Gasteiger partial charge is 0.466 e. The van der Waals surface area contributed by atoms with Gasteiger partial charge in [0.2, 0.25) is 5.95 Å². The van der Waals surface area contributed by atoms with Crippen molar-refractivity contribution < 1.29 is 13.9 Å². The Bertz CT molecular complexity index is 1000. The molecule has 3 aromatic heterocycles. The van der Waals surface area contributed by atoms with Gasteiger partial charge in [0.05, 0.1) is 24.8 Å². The summed E-state index contributed by atoms with van der Waals surface area (Å²) in [6.45, 7) is 8.00. The summed E-state index contributed by atoms with van der Waals surface area (Å²) < 4.78 is 12.9. The quantitative estimate of drug-likeness (QED) is 0.633. The number of hydrogen-bond donors (Lipinski definition) is 1. The number of hydrazine groups is 1. The molecule has 9 heteroatoms. The molecule has 0 bridgehead atoms. The number of carbonyl (C=O) groups is 1. The lowest BCUT2D eigenvalue weighted by Gasteiger charge is -2.31. The van der Waals surface area contributed by atoms with Crippen molar-refractivity contribution in [2.75, 3.05) is 25.1 Å². The highest BCUT2D eigenvalue weighted by atomic mass is 16.5. The minimum atomic E-state index is -0.0975. The average molecular weight is 398 g/mol. The molecular weight excluding hydrogens is 372 g/mol. The zero-order valence-corrected chi connectivity index (χ0v) is 17.0. The number of aromatic nitrogens is 4. The first kappa shape index (κ1) is 19.4. The minimum absolute atomic E-state index is 0.0340. The van der Waals surface area contributed by atoms with Crippen molar-refractivity contribution >= 4 is 23.1 Å². The number of pyridine rings is 1. The van der Waals surface area contributed by atoms with Crippen molar-refractivity contribution in [3.8, 4) is 0 Å². The van der Waals surface area contributed by atoms with Crippen molar-refractivity contribution in [1.82, 2.24) is 24.5 Å². The summed E-state index contributed by atoms with van der Waals surface area (Å²) in [6.07, 6.45) is 3.27. The summed E-state index contributed by atoms with van der Waals surface area (Å²) in [4.78, 5) is 25.5. The second-order valence-corrected chi connectivity index (χ2v) is 7.23. The second-order valence-electron chi connectivity index (χ2n) is 7.23. The molecule has 1 fully saturated rings. The van der Waals surface area contributed by atoms with Crippen molar-refractivity contribution in [1.29, 1.82) is 0 Å². The smallest absolute Gasteiger partial charge is 0.309 e. The molecule has 1 saturated heterocycles. The number of nitrogens with one attached hydrogen (secondary N) is 1. The topological polar surface area (TPSA) is 98.3 Å². The molecule has 0 amide bonds. The van der Waals surface area contributed by atoms with Gasteiger partial charge in [-0.1, -0.05) is 0 Å². The molecule has 0 saturated carbocycles. The van der Waals surface area contributed by atoms with Crippen molar-refractivity contribution in [3.63, 3.8) is 0 Å². The van der Waals surface area contributed by atoms with E-state index in [4.69, 9.17) is 14.1 Å². The van der Waals surface area contributed by atoms with Gasteiger partial charge in [-0.3, -0.25) is 14.8 Å². The minimum Gasteiger partial charge on any atom is -0.466 e. The number of esters is 1. The van der Waals surface area contributed by atoms with Crippen LogP contribution >= 0.6 is 0 Å². The van der Waals surface area contributed by atoms with Crippen molar-refractivity contribution in [2.45, 2.75) is 40.2 Å². The highest BCUT2D eigenvalue weighted by molar-refractivity contribution is 5.74. The van der Waals surface area contributed by atoms with E-state index >= 15 is 0 Å². The number of nitrogens with zero attached hydrogens (tertiary/aromatic N) is 5. The third-order valence-electron chi connectivity index (χ3n) is 5.18. The molecule has 0 atom stereocenters. The third kappa shape index (κ3) is 4.09. The zero-order chi connectivity index (χ0) is 20.4. The maximum atomic E-state index is 12.0. The molecule has 3 aromatic rings. The van der Waals surface area contributed by atoms with Gasteiger partial charge in [-0.25, -0.2) is 20.0 Å². The van der Waals surface area contributed by atoms with E-state index in [9.17, 15) is 4.79 Å². The van der Waals surface area contributed by atoms with E-state index < -0.39 is 0 Å². The molecule has 4 heterocycles. The Labute approximate surface area is 169 Å². The van der Waals surface area contributed by atoms with Crippen molar-refractivity contribution in [2.24, 2.45) is 5.92 Å². The fraction of sp³-hybridized carbons (Fsp3) is 0.500. The molecule has 0 radical (unpaired) electrons. The lowest BCUT2D eigenvalue weighted by atomic mass is 9.98. The Hall–Kier alpha value is -2.94. The summed E-state index contributed by atoms with van der Waals surface area (Å²) in [5, 5.41) is 2.09. The van der Waals surface area contributed by atoms with Gasteiger partial charge in [-0.15, -0.1) is 0 Å². The van der Waals surface area contributed by atoms with Crippen LogP contribution in [0.1, 0.15) is 37.1 Å². The fourth-order valence-corrected chi connectivity index (χ4v) is 3.69. The van der Waals surface area contributed by atoms with Crippen LogP contribution in [-0.2, 0) is 16.1 Å². The van der Waals surface area contributed by atoms with Crippen molar-refractivity contribution in [3.05, 3.63) is 35.7 Å². The van der Waals surface area contributed by atoms with Gasteiger partial charge in [0.25, 0.3) is 0 Å². The number of imidazole rings is 1. The number of fused-ring (bicyclic) bond motifs is 1. The number of rotatable bonds is 6. The monoisotopic (exact) mass is 398 g/mol. The second kappa shape index (κ2) is 8.20. The number of carbonyl (C=O) groups excluding carboxylic acids is 1.